The van der Waals surface area contributed by atoms with Gasteiger partial charge in [0.05, 0.1) is 25.2 Å². The van der Waals surface area contributed by atoms with Crippen LogP contribution in [0.15, 0.2) is 42.7 Å². The van der Waals surface area contributed by atoms with Crippen molar-refractivity contribution in [2.24, 2.45) is 0 Å². The minimum absolute atomic E-state index is 0.233. The highest BCUT2D eigenvalue weighted by atomic mass is 16.6. The van der Waals surface area contributed by atoms with E-state index in [9.17, 15) is 4.79 Å². The van der Waals surface area contributed by atoms with Crippen molar-refractivity contribution in [3.8, 4) is 11.8 Å². The first-order chi connectivity index (χ1) is 8.78. The second-order valence-corrected chi connectivity index (χ2v) is 3.29. The molecule has 0 fully saturated rings. The summed E-state index contributed by atoms with van der Waals surface area (Å²) in [5.74, 6) is 0.462. The van der Waals surface area contributed by atoms with Gasteiger partial charge >= 0.3 is 12.1 Å². The highest BCUT2D eigenvalue weighted by molar-refractivity contribution is 5.85. The summed E-state index contributed by atoms with van der Waals surface area (Å²) >= 11 is 0. The number of anilines is 1. The summed E-state index contributed by atoms with van der Waals surface area (Å²) in [6.45, 7) is 0. The van der Waals surface area contributed by atoms with E-state index in [0.29, 0.717) is 11.4 Å². The minimum atomic E-state index is -0.602. The van der Waals surface area contributed by atoms with E-state index >= 15 is 0 Å². The Kier molecular flexibility index (Phi) is 3.70. The van der Waals surface area contributed by atoms with Crippen molar-refractivity contribution >= 4 is 11.8 Å². The van der Waals surface area contributed by atoms with Gasteiger partial charge in [-0.05, 0) is 12.1 Å². The topological polar surface area (TPSA) is 73.3 Å². The van der Waals surface area contributed by atoms with Crippen LogP contribution in [0.25, 0.3) is 0 Å². The molecule has 0 saturated carbocycles. The molecule has 6 nitrogen and oxygen atoms in total. The highest BCUT2D eigenvalue weighted by Crippen LogP contribution is 2.11. The number of rotatable bonds is 3. The lowest BCUT2D eigenvalue weighted by molar-refractivity contribution is 0.215. The van der Waals surface area contributed by atoms with Gasteiger partial charge in [0.25, 0.3) is 0 Å². The molecule has 18 heavy (non-hydrogen) atoms. The van der Waals surface area contributed by atoms with Crippen LogP contribution in [-0.2, 0) is 0 Å². The van der Waals surface area contributed by atoms with Crippen molar-refractivity contribution < 1.29 is 14.3 Å². The van der Waals surface area contributed by atoms with Gasteiger partial charge in [0.1, 0.15) is 5.75 Å². The van der Waals surface area contributed by atoms with Gasteiger partial charge in [0.15, 0.2) is 0 Å². The molecule has 1 heterocycles. The van der Waals surface area contributed by atoms with E-state index in [2.05, 4.69) is 15.3 Å². The molecule has 92 valence electrons. The monoisotopic (exact) mass is 245 g/mol. The lowest BCUT2D eigenvalue weighted by Crippen LogP contribution is -2.17. The van der Waals surface area contributed by atoms with Gasteiger partial charge in [0.2, 0.25) is 0 Å². The molecule has 0 aliphatic carbocycles. The number of nitrogens with zero attached hydrogens (tertiary/aromatic N) is 2. The number of carbonyl (C=O) groups is 1. The summed E-state index contributed by atoms with van der Waals surface area (Å²) in [4.78, 5) is 19.2. The number of benzene rings is 1. The second-order valence-electron chi connectivity index (χ2n) is 3.29. The van der Waals surface area contributed by atoms with Crippen LogP contribution in [0.3, 0.4) is 0 Å². The summed E-state index contributed by atoms with van der Waals surface area (Å²) < 4.78 is 9.84. The molecule has 1 aromatic heterocycles. The molecule has 1 amide bonds. The van der Waals surface area contributed by atoms with E-state index in [4.69, 9.17) is 9.47 Å². The third-order valence-electron chi connectivity index (χ3n) is 2.01. The molecule has 0 spiro atoms. The van der Waals surface area contributed by atoms with E-state index in [1.807, 2.05) is 6.07 Å². The van der Waals surface area contributed by atoms with Crippen LogP contribution in [0.1, 0.15) is 0 Å². The molecular formula is C12H11N3O3. The van der Waals surface area contributed by atoms with Crippen molar-refractivity contribution in [1.82, 2.24) is 9.97 Å². The Labute approximate surface area is 104 Å². The zero-order valence-electron chi connectivity index (χ0n) is 9.66. The van der Waals surface area contributed by atoms with Crippen molar-refractivity contribution in [1.29, 1.82) is 0 Å². The molecule has 0 aliphatic rings. The van der Waals surface area contributed by atoms with Gasteiger partial charge in [-0.3, -0.25) is 5.32 Å². The van der Waals surface area contributed by atoms with Crippen LogP contribution >= 0.6 is 0 Å². The van der Waals surface area contributed by atoms with Crippen LogP contribution in [0.2, 0.25) is 0 Å². The lowest BCUT2D eigenvalue weighted by Gasteiger charge is -2.05. The first kappa shape index (κ1) is 11.8. The van der Waals surface area contributed by atoms with Crippen molar-refractivity contribution in [2.45, 2.75) is 0 Å². The van der Waals surface area contributed by atoms with Crippen LogP contribution in [0, 0.1) is 0 Å². The van der Waals surface area contributed by atoms with Gasteiger partial charge in [-0.15, -0.1) is 0 Å². The number of ether oxygens (including phenoxy) is 2. The average molecular weight is 245 g/mol. The number of hydrogen-bond acceptors (Lipinski definition) is 5. The summed E-state index contributed by atoms with van der Waals surface area (Å²) in [5, 5.41) is 2.50. The summed E-state index contributed by atoms with van der Waals surface area (Å²) in [6, 6.07) is 8.99. The van der Waals surface area contributed by atoms with E-state index in [1.54, 1.807) is 24.3 Å². The quantitative estimate of drug-likeness (QED) is 0.896. The summed E-state index contributed by atoms with van der Waals surface area (Å²) in [5.41, 5.74) is 0.428. The molecular weight excluding hydrogens is 234 g/mol. The lowest BCUT2D eigenvalue weighted by atomic mass is 10.3. The highest BCUT2D eigenvalue weighted by Gasteiger charge is 2.05. The second kappa shape index (κ2) is 5.62. The first-order valence-electron chi connectivity index (χ1n) is 5.18. The maximum absolute atomic E-state index is 11.5. The fraction of sp³-hybridized carbons (Fsp3) is 0.0833. The molecule has 1 aromatic carbocycles. The average Bonchev–Trinajstić information content (AvgIpc) is 2.40. The van der Waals surface area contributed by atoms with Gasteiger partial charge < -0.3 is 9.47 Å². The van der Waals surface area contributed by atoms with E-state index in [0.717, 1.165) is 0 Å². The Morgan fingerprint density at radius 1 is 1.17 bits per heavy atom. The number of para-hydroxylation sites is 1. The number of nitrogens with one attached hydrogen (secondary N) is 1. The Hall–Kier alpha value is -2.63. The standard InChI is InChI=1S/C12H11N3O3/c1-17-11-13-7-9(8-14-11)15-12(16)18-10-5-3-2-4-6-10/h2-8H,1H3,(H,15,16). The van der Waals surface area contributed by atoms with Crippen LogP contribution in [-0.4, -0.2) is 23.2 Å². The number of hydrogen-bond donors (Lipinski definition) is 1. The Morgan fingerprint density at radius 3 is 2.44 bits per heavy atom. The predicted octanol–water partition coefficient (Wildman–Crippen LogP) is 2.10. The molecule has 6 heteroatoms. The number of carbonyl (C=O) groups excluding carboxylic acids is 1. The van der Waals surface area contributed by atoms with E-state index < -0.39 is 6.09 Å². The minimum Gasteiger partial charge on any atom is -0.467 e. The maximum atomic E-state index is 11.5. The summed E-state index contributed by atoms with van der Waals surface area (Å²) in [7, 11) is 1.46. The maximum Gasteiger partial charge on any atom is 0.417 e. The molecule has 0 aliphatic heterocycles. The Morgan fingerprint density at radius 2 is 1.83 bits per heavy atom. The number of methoxy groups -OCH3 is 1. The van der Waals surface area contributed by atoms with Gasteiger partial charge in [-0.1, -0.05) is 18.2 Å². The van der Waals surface area contributed by atoms with Gasteiger partial charge in [-0.25, -0.2) is 14.8 Å². The van der Waals surface area contributed by atoms with Crippen molar-refractivity contribution in [3.63, 3.8) is 0 Å². The third kappa shape index (κ3) is 3.18. The molecule has 2 rings (SSSR count). The first-order valence-corrected chi connectivity index (χ1v) is 5.18. The Balaban J connectivity index is 1.94. The Bertz CT molecular complexity index is 514. The van der Waals surface area contributed by atoms with E-state index in [1.165, 1.54) is 19.5 Å². The van der Waals surface area contributed by atoms with Crippen LogP contribution < -0.4 is 14.8 Å². The van der Waals surface area contributed by atoms with Crippen molar-refractivity contribution in [3.05, 3.63) is 42.7 Å². The molecule has 2 aromatic rings. The number of amides is 1. The predicted molar refractivity (Wildman–Crippen MR) is 64.7 cm³/mol. The molecule has 0 unspecified atom stereocenters. The zero-order chi connectivity index (χ0) is 12.8. The fourth-order valence-electron chi connectivity index (χ4n) is 1.23. The molecule has 0 radical (unpaired) electrons. The summed E-state index contributed by atoms with van der Waals surface area (Å²) in [6.07, 6.45) is 2.26. The van der Waals surface area contributed by atoms with Gasteiger partial charge in [0, 0.05) is 0 Å². The normalized spacial score (nSPS) is 9.61. The molecule has 0 saturated heterocycles. The fourth-order valence-corrected chi connectivity index (χ4v) is 1.23. The largest absolute Gasteiger partial charge is 0.467 e. The van der Waals surface area contributed by atoms with Crippen LogP contribution in [0.4, 0.5) is 10.5 Å². The van der Waals surface area contributed by atoms with E-state index in [-0.39, 0.29) is 6.01 Å². The van der Waals surface area contributed by atoms with Crippen LogP contribution in [0.5, 0.6) is 11.8 Å². The smallest absolute Gasteiger partial charge is 0.417 e. The third-order valence-corrected chi connectivity index (χ3v) is 2.01. The molecule has 0 bridgehead atoms. The SMILES string of the molecule is COc1ncc(NC(=O)Oc2ccccc2)cn1. The van der Waals surface area contributed by atoms with Crippen molar-refractivity contribution in [2.75, 3.05) is 12.4 Å². The van der Waals surface area contributed by atoms with Gasteiger partial charge in [-0.2, -0.15) is 0 Å². The number of aromatic nitrogens is 2. The zero-order valence-corrected chi connectivity index (χ0v) is 9.66. The molecule has 0 atom stereocenters. The molecule has 1 N–H and O–H groups in total.